The molecule has 56 valence electrons. The number of hydrogen-bond acceptors (Lipinski definition) is 3. The molecule has 0 N–H and O–H groups in total. The van der Waals surface area contributed by atoms with Gasteiger partial charge in [0.15, 0.2) is 11.6 Å². The first kappa shape index (κ1) is 7.10. The lowest BCUT2D eigenvalue weighted by atomic mass is 10.4. The Kier molecular flexibility index (Phi) is 1.60. The quantitative estimate of drug-likeness (QED) is 0.726. The molecule has 1 aromatic heterocycles. The average Bonchev–Trinajstić information content (AvgIpc) is 2.76. The molecule has 0 atom stereocenters. The van der Waals surface area contributed by atoms with Crippen LogP contribution in [-0.4, -0.2) is 4.98 Å². The van der Waals surface area contributed by atoms with Crippen LogP contribution < -0.4 is 0 Å². The van der Waals surface area contributed by atoms with E-state index in [2.05, 4.69) is 4.98 Å². The molecule has 1 fully saturated rings. The van der Waals surface area contributed by atoms with Crippen molar-refractivity contribution in [2.75, 3.05) is 0 Å². The average molecular weight is 260 g/mol. The molecule has 1 aliphatic carbocycles. The van der Waals surface area contributed by atoms with Gasteiger partial charge in [0, 0.05) is 28.5 Å². The fourth-order valence-corrected chi connectivity index (χ4v) is 1.36. The Morgan fingerprint density at radius 1 is 1.64 bits per heavy atom. The van der Waals surface area contributed by atoms with Gasteiger partial charge in [-0.15, -0.1) is 0 Å². The molecule has 1 aliphatic rings. The zero-order chi connectivity index (χ0) is 7.84. The van der Waals surface area contributed by atoms with Gasteiger partial charge in [0.1, 0.15) is 6.07 Å². The highest BCUT2D eigenvalue weighted by Crippen LogP contribution is 2.40. The summed E-state index contributed by atoms with van der Waals surface area (Å²) < 4.78 is 5.90. The van der Waals surface area contributed by atoms with Crippen molar-refractivity contribution >= 4 is 22.6 Å². The highest BCUT2D eigenvalue weighted by Gasteiger charge is 2.29. The molecular formula is C7H5IN2O. The molecular weight excluding hydrogens is 255 g/mol. The van der Waals surface area contributed by atoms with Crippen LogP contribution in [0.25, 0.3) is 0 Å². The van der Waals surface area contributed by atoms with Crippen molar-refractivity contribution in [3.8, 4) is 6.07 Å². The number of aromatic nitrogens is 1. The molecule has 1 heterocycles. The summed E-state index contributed by atoms with van der Waals surface area (Å²) in [4.78, 5) is 4.06. The predicted molar refractivity (Wildman–Crippen MR) is 45.9 cm³/mol. The first-order valence-electron chi connectivity index (χ1n) is 3.37. The van der Waals surface area contributed by atoms with Gasteiger partial charge < -0.3 is 4.42 Å². The van der Waals surface area contributed by atoms with Crippen molar-refractivity contribution in [1.82, 2.24) is 4.98 Å². The highest BCUT2D eigenvalue weighted by molar-refractivity contribution is 14.1. The third-order valence-corrected chi connectivity index (χ3v) is 2.37. The van der Waals surface area contributed by atoms with Gasteiger partial charge in [-0.25, -0.2) is 4.98 Å². The van der Waals surface area contributed by atoms with E-state index in [0.29, 0.717) is 15.4 Å². The number of rotatable bonds is 1. The summed E-state index contributed by atoms with van der Waals surface area (Å²) in [5.41, 5.74) is 0.424. The lowest BCUT2D eigenvalue weighted by Crippen LogP contribution is -1.78. The molecule has 0 radical (unpaired) electrons. The standard InChI is InChI=1S/C7H5IN2O/c8-6-5(3-9)10-7(11-6)4-1-2-4/h4H,1-2H2. The monoisotopic (exact) mass is 260 g/mol. The smallest absolute Gasteiger partial charge is 0.202 e. The van der Waals surface area contributed by atoms with E-state index in [1.54, 1.807) is 0 Å². The van der Waals surface area contributed by atoms with Gasteiger partial charge in [-0.3, -0.25) is 0 Å². The van der Waals surface area contributed by atoms with Crippen LogP contribution in [0.5, 0.6) is 0 Å². The van der Waals surface area contributed by atoms with E-state index in [1.165, 1.54) is 0 Å². The molecule has 4 heteroatoms. The minimum absolute atomic E-state index is 0.424. The number of nitriles is 1. The van der Waals surface area contributed by atoms with E-state index in [9.17, 15) is 0 Å². The van der Waals surface area contributed by atoms with Crippen LogP contribution in [0.1, 0.15) is 30.3 Å². The summed E-state index contributed by atoms with van der Waals surface area (Å²) in [7, 11) is 0. The van der Waals surface area contributed by atoms with Crippen LogP contribution in [0, 0.1) is 15.1 Å². The number of nitrogens with zero attached hydrogens (tertiary/aromatic N) is 2. The second-order valence-corrected chi connectivity index (χ2v) is 3.54. The Morgan fingerprint density at radius 2 is 2.36 bits per heavy atom. The second kappa shape index (κ2) is 2.48. The molecule has 0 unspecified atom stereocenters. The Balaban J connectivity index is 2.38. The largest absolute Gasteiger partial charge is 0.433 e. The van der Waals surface area contributed by atoms with Gasteiger partial charge in [-0.05, 0) is 12.8 Å². The topological polar surface area (TPSA) is 49.8 Å². The van der Waals surface area contributed by atoms with Crippen molar-refractivity contribution in [3.05, 3.63) is 15.4 Å². The normalized spacial score (nSPS) is 16.4. The summed E-state index contributed by atoms with van der Waals surface area (Å²) >= 11 is 1.99. The Bertz CT molecular complexity index is 322. The predicted octanol–water partition coefficient (Wildman–Crippen LogP) is 2.03. The van der Waals surface area contributed by atoms with Crippen molar-refractivity contribution in [2.45, 2.75) is 18.8 Å². The molecule has 2 rings (SSSR count). The van der Waals surface area contributed by atoms with E-state index in [4.69, 9.17) is 9.68 Å². The molecule has 0 amide bonds. The Morgan fingerprint density at radius 3 is 2.82 bits per heavy atom. The molecule has 0 aromatic carbocycles. The van der Waals surface area contributed by atoms with Gasteiger partial charge >= 0.3 is 0 Å². The molecule has 0 aliphatic heterocycles. The third-order valence-electron chi connectivity index (χ3n) is 1.63. The zero-order valence-corrected chi connectivity index (χ0v) is 7.83. The summed E-state index contributed by atoms with van der Waals surface area (Å²) in [6, 6.07) is 1.99. The molecule has 1 saturated carbocycles. The maximum Gasteiger partial charge on any atom is 0.202 e. The first-order valence-corrected chi connectivity index (χ1v) is 4.45. The van der Waals surface area contributed by atoms with Crippen LogP contribution >= 0.6 is 22.6 Å². The van der Waals surface area contributed by atoms with Crippen LogP contribution in [0.3, 0.4) is 0 Å². The highest BCUT2D eigenvalue weighted by atomic mass is 127. The SMILES string of the molecule is N#Cc1nc(C2CC2)oc1I. The molecule has 0 bridgehead atoms. The fourth-order valence-electron chi connectivity index (χ4n) is 0.891. The van der Waals surface area contributed by atoms with E-state index < -0.39 is 0 Å². The lowest BCUT2D eigenvalue weighted by molar-refractivity contribution is 0.474. The van der Waals surface area contributed by atoms with Gasteiger partial charge in [0.25, 0.3) is 0 Å². The maximum atomic E-state index is 8.56. The number of hydrogen-bond donors (Lipinski definition) is 0. The Labute approximate surface area is 77.6 Å². The maximum absolute atomic E-state index is 8.56. The Hall–Kier alpha value is -0.570. The van der Waals surface area contributed by atoms with Crippen molar-refractivity contribution in [2.24, 2.45) is 0 Å². The van der Waals surface area contributed by atoms with Gasteiger partial charge in [-0.1, -0.05) is 0 Å². The zero-order valence-electron chi connectivity index (χ0n) is 5.67. The molecule has 3 nitrogen and oxygen atoms in total. The minimum atomic E-state index is 0.424. The number of oxazole rings is 1. The van der Waals surface area contributed by atoms with E-state index in [-0.39, 0.29) is 0 Å². The summed E-state index contributed by atoms with van der Waals surface area (Å²) in [5, 5.41) is 8.56. The van der Waals surface area contributed by atoms with Crippen molar-refractivity contribution in [1.29, 1.82) is 5.26 Å². The molecule has 0 saturated heterocycles. The van der Waals surface area contributed by atoms with Crippen LogP contribution in [0.2, 0.25) is 0 Å². The van der Waals surface area contributed by atoms with Crippen molar-refractivity contribution < 1.29 is 4.42 Å². The lowest BCUT2D eigenvalue weighted by Gasteiger charge is -1.81. The van der Waals surface area contributed by atoms with Crippen LogP contribution in [-0.2, 0) is 0 Å². The molecule has 11 heavy (non-hydrogen) atoms. The number of halogens is 1. The molecule has 0 spiro atoms. The third kappa shape index (κ3) is 1.25. The van der Waals surface area contributed by atoms with E-state index in [1.807, 2.05) is 28.7 Å². The van der Waals surface area contributed by atoms with Crippen LogP contribution in [0.4, 0.5) is 0 Å². The summed E-state index contributed by atoms with van der Waals surface area (Å²) in [6.07, 6.45) is 2.31. The first-order chi connectivity index (χ1) is 5.31. The van der Waals surface area contributed by atoms with Crippen LogP contribution in [0.15, 0.2) is 4.42 Å². The molecule has 1 aromatic rings. The van der Waals surface area contributed by atoms with E-state index in [0.717, 1.165) is 18.7 Å². The summed E-state index contributed by atoms with van der Waals surface area (Å²) in [6.45, 7) is 0. The fraction of sp³-hybridized carbons (Fsp3) is 0.429. The van der Waals surface area contributed by atoms with Gasteiger partial charge in [0.05, 0.1) is 0 Å². The minimum Gasteiger partial charge on any atom is -0.433 e. The summed E-state index contributed by atoms with van der Waals surface area (Å²) in [5.74, 6) is 1.23. The van der Waals surface area contributed by atoms with Crippen molar-refractivity contribution in [3.63, 3.8) is 0 Å². The van der Waals surface area contributed by atoms with E-state index >= 15 is 0 Å². The second-order valence-electron chi connectivity index (χ2n) is 2.56. The van der Waals surface area contributed by atoms with Gasteiger partial charge in [-0.2, -0.15) is 5.26 Å². The van der Waals surface area contributed by atoms with Gasteiger partial charge in [0.2, 0.25) is 3.77 Å².